The number of aromatic nitrogens is 4. The van der Waals surface area contributed by atoms with Crippen LogP contribution >= 0.6 is 23.2 Å². The van der Waals surface area contributed by atoms with Gasteiger partial charge in [-0.2, -0.15) is 9.97 Å². The van der Waals surface area contributed by atoms with Gasteiger partial charge in [-0.25, -0.2) is 14.3 Å². The van der Waals surface area contributed by atoms with Gasteiger partial charge in [0.15, 0.2) is 5.65 Å². The fourth-order valence-corrected chi connectivity index (χ4v) is 6.33. The molecule has 3 heterocycles. The minimum absolute atomic E-state index is 0.117. The van der Waals surface area contributed by atoms with Gasteiger partial charge >= 0.3 is 5.69 Å². The van der Waals surface area contributed by atoms with Crippen molar-refractivity contribution in [1.29, 1.82) is 0 Å². The number of anilines is 3. The highest BCUT2D eigenvalue weighted by atomic mass is 35.5. The first-order valence-corrected chi connectivity index (χ1v) is 12.7. The Bertz CT molecular complexity index is 1540. The van der Waals surface area contributed by atoms with E-state index in [2.05, 4.69) is 50.4 Å². The molecule has 0 unspecified atom stereocenters. The van der Waals surface area contributed by atoms with Gasteiger partial charge in [0.2, 0.25) is 5.95 Å². The molecule has 1 aliphatic heterocycles. The van der Waals surface area contributed by atoms with Crippen LogP contribution in [0.1, 0.15) is 36.8 Å². The average molecular weight is 522 g/mol. The first-order valence-electron chi connectivity index (χ1n) is 12.0. The van der Waals surface area contributed by atoms with Crippen LogP contribution < -0.4 is 16.7 Å². The third-order valence-electron chi connectivity index (χ3n) is 7.58. The molecule has 1 saturated carbocycles. The van der Waals surface area contributed by atoms with Crippen molar-refractivity contribution in [2.24, 2.45) is 0 Å². The Hall–Kier alpha value is -3.20. The summed E-state index contributed by atoms with van der Waals surface area (Å²) < 4.78 is 1.18. The number of nitrogens with one attached hydrogen (secondary N) is 1. The Labute approximate surface area is 218 Å². The van der Waals surface area contributed by atoms with Crippen LogP contribution in [0.4, 0.5) is 17.5 Å². The highest BCUT2D eigenvalue weighted by Gasteiger charge is 2.42. The molecule has 0 radical (unpaired) electrons. The van der Waals surface area contributed by atoms with Crippen molar-refractivity contribution in [3.8, 4) is 5.69 Å². The van der Waals surface area contributed by atoms with E-state index >= 15 is 0 Å². The van der Waals surface area contributed by atoms with Gasteiger partial charge in [0.1, 0.15) is 5.82 Å². The van der Waals surface area contributed by atoms with Crippen LogP contribution in [0.2, 0.25) is 10.0 Å². The number of nitrogens with two attached hydrogens (primary N) is 1. The monoisotopic (exact) mass is 521 g/mol. The van der Waals surface area contributed by atoms with Gasteiger partial charge in [-0.1, -0.05) is 48.2 Å². The lowest BCUT2D eigenvalue weighted by atomic mass is 9.79. The smallest absolute Gasteiger partial charge is 0.355 e. The lowest BCUT2D eigenvalue weighted by Crippen LogP contribution is -2.46. The summed E-state index contributed by atoms with van der Waals surface area (Å²) in [6, 6.07) is 11.5. The van der Waals surface area contributed by atoms with E-state index in [-0.39, 0.29) is 32.7 Å². The maximum Gasteiger partial charge on any atom is 0.355 e. The Balaban J connectivity index is 1.35. The zero-order valence-corrected chi connectivity index (χ0v) is 21.3. The fourth-order valence-electron chi connectivity index (χ4n) is 5.76. The normalized spacial score (nSPS) is 17.0. The second-order valence-electron chi connectivity index (χ2n) is 9.52. The molecule has 0 saturated heterocycles. The molecular weight excluding hydrogens is 497 g/mol. The van der Waals surface area contributed by atoms with E-state index in [1.54, 1.807) is 24.4 Å². The minimum atomic E-state index is -0.626. The summed E-state index contributed by atoms with van der Waals surface area (Å²) in [6.07, 6.45) is 7.52. The van der Waals surface area contributed by atoms with E-state index in [4.69, 9.17) is 28.9 Å². The van der Waals surface area contributed by atoms with E-state index in [1.165, 1.54) is 41.4 Å². The Morgan fingerprint density at radius 3 is 2.58 bits per heavy atom. The molecule has 2 aliphatic rings. The zero-order chi connectivity index (χ0) is 25.0. The lowest BCUT2D eigenvalue weighted by molar-refractivity contribution is 0.111. The number of hydrogen-bond donors (Lipinski definition) is 2. The molecule has 4 aromatic rings. The summed E-state index contributed by atoms with van der Waals surface area (Å²) >= 11 is 12.6. The number of benzene rings is 2. The van der Waals surface area contributed by atoms with E-state index in [0.717, 1.165) is 18.7 Å². The van der Waals surface area contributed by atoms with Crippen molar-refractivity contribution < 1.29 is 0 Å². The number of para-hydroxylation sites is 1. The predicted molar refractivity (Wildman–Crippen MR) is 144 cm³/mol. The molecule has 0 amide bonds. The van der Waals surface area contributed by atoms with Gasteiger partial charge < -0.3 is 11.1 Å². The molecule has 2 aromatic heterocycles. The fraction of sp³-hybridized carbons (Fsp3) is 0.308. The Kier molecular flexibility index (Phi) is 5.63. The van der Waals surface area contributed by atoms with Gasteiger partial charge in [-0.15, -0.1) is 0 Å². The van der Waals surface area contributed by atoms with E-state index in [0.29, 0.717) is 11.3 Å². The number of nitrogens with zero attached hydrogens (tertiary/aromatic N) is 5. The van der Waals surface area contributed by atoms with Crippen LogP contribution in [0, 0.1) is 0 Å². The number of halogens is 2. The summed E-state index contributed by atoms with van der Waals surface area (Å²) in [5.41, 5.74) is 10.0. The number of hydrogen-bond acceptors (Lipinski definition) is 7. The maximum atomic E-state index is 12.9. The lowest BCUT2D eigenvalue weighted by Gasteiger charge is -2.44. The van der Waals surface area contributed by atoms with Crippen LogP contribution in [0.3, 0.4) is 0 Å². The van der Waals surface area contributed by atoms with Crippen LogP contribution in [0.5, 0.6) is 0 Å². The zero-order valence-electron chi connectivity index (χ0n) is 19.8. The minimum Gasteiger partial charge on any atom is -0.384 e. The number of fused-ring (bicyclic) bond motifs is 3. The van der Waals surface area contributed by atoms with Crippen molar-refractivity contribution >= 4 is 51.7 Å². The molecule has 36 heavy (non-hydrogen) atoms. The highest BCUT2D eigenvalue weighted by Crippen LogP contribution is 2.47. The highest BCUT2D eigenvalue weighted by molar-refractivity contribution is 6.37. The second-order valence-corrected chi connectivity index (χ2v) is 10.3. The van der Waals surface area contributed by atoms with E-state index < -0.39 is 5.69 Å². The quantitative estimate of drug-likeness (QED) is 0.388. The van der Waals surface area contributed by atoms with Crippen molar-refractivity contribution in [3.05, 3.63) is 74.3 Å². The van der Waals surface area contributed by atoms with Crippen molar-refractivity contribution in [2.75, 3.05) is 24.6 Å². The predicted octanol–water partition coefficient (Wildman–Crippen LogP) is 5.07. The van der Waals surface area contributed by atoms with Crippen LogP contribution in [-0.2, 0) is 12.0 Å². The van der Waals surface area contributed by atoms with Gasteiger partial charge in [0, 0.05) is 24.0 Å². The number of rotatable bonds is 3. The third-order valence-corrected chi connectivity index (χ3v) is 8.19. The van der Waals surface area contributed by atoms with Crippen LogP contribution in [0.25, 0.3) is 16.7 Å². The molecule has 1 fully saturated rings. The van der Waals surface area contributed by atoms with Crippen molar-refractivity contribution in [1.82, 2.24) is 24.4 Å². The van der Waals surface area contributed by atoms with Gasteiger partial charge in [-0.05, 0) is 61.7 Å². The molecular formula is C26H25Cl2N7O. The summed E-state index contributed by atoms with van der Waals surface area (Å²) in [4.78, 5) is 28.5. The summed E-state index contributed by atoms with van der Waals surface area (Å²) in [5, 5.41) is 4.27. The number of likely N-dealkylation sites (N-methyl/N-ethyl adjacent to an activating group) is 1. The summed E-state index contributed by atoms with van der Waals surface area (Å²) in [5.74, 6) is 0.456. The largest absolute Gasteiger partial charge is 0.384 e. The maximum absolute atomic E-state index is 12.9. The second kappa shape index (κ2) is 8.73. The Morgan fingerprint density at radius 2 is 1.83 bits per heavy atom. The van der Waals surface area contributed by atoms with Gasteiger partial charge in [-0.3, -0.25) is 4.90 Å². The van der Waals surface area contributed by atoms with Crippen molar-refractivity contribution in [3.63, 3.8) is 0 Å². The molecule has 3 N–H and O–H groups in total. The van der Waals surface area contributed by atoms with E-state index in [1.807, 2.05) is 0 Å². The molecule has 1 aliphatic carbocycles. The standard InChI is InChI=1S/C26H25Cl2N7O/c1-34-12-9-15-13-16(7-8-18(15)26(34)10-2-3-11-26)31-24-30-14-17-22(29)35(25(36)33-23(17)32-24)21-19(27)5-4-6-20(21)28/h4-8,13-14H,2-3,9-12,29H2,1H3,(H,31,32,33,36). The molecule has 184 valence electrons. The van der Waals surface area contributed by atoms with Gasteiger partial charge in [0.05, 0.1) is 21.1 Å². The first kappa shape index (κ1) is 23.2. The summed E-state index contributed by atoms with van der Waals surface area (Å²) in [7, 11) is 2.25. The molecule has 2 aromatic carbocycles. The SMILES string of the molecule is CN1CCc2cc(Nc3ncc4c(N)n(-c5c(Cl)cccc5Cl)c(=O)nc4n3)ccc2C12CCCC2. The molecule has 0 atom stereocenters. The molecule has 10 heteroatoms. The van der Waals surface area contributed by atoms with E-state index in [9.17, 15) is 4.79 Å². The third kappa shape index (κ3) is 3.63. The van der Waals surface area contributed by atoms with Gasteiger partial charge in [0.25, 0.3) is 0 Å². The molecule has 6 rings (SSSR count). The number of nitrogen functional groups attached to an aromatic ring is 1. The Morgan fingerprint density at radius 1 is 1.08 bits per heavy atom. The van der Waals surface area contributed by atoms with Crippen LogP contribution in [0.15, 0.2) is 47.4 Å². The molecule has 8 nitrogen and oxygen atoms in total. The average Bonchev–Trinajstić information content (AvgIpc) is 3.34. The molecule has 1 spiro atoms. The van der Waals surface area contributed by atoms with Crippen molar-refractivity contribution in [2.45, 2.75) is 37.6 Å². The topological polar surface area (TPSA) is 102 Å². The first-order chi connectivity index (χ1) is 17.4. The van der Waals surface area contributed by atoms with Crippen LogP contribution in [-0.4, -0.2) is 38.0 Å². The molecule has 0 bridgehead atoms. The summed E-state index contributed by atoms with van der Waals surface area (Å²) in [6.45, 7) is 1.05.